The second-order valence-electron chi connectivity index (χ2n) is 6.73. The summed E-state index contributed by atoms with van der Waals surface area (Å²) in [6.45, 7) is 7.85. The molecule has 0 radical (unpaired) electrons. The van der Waals surface area contributed by atoms with Crippen molar-refractivity contribution < 1.29 is 4.74 Å². The van der Waals surface area contributed by atoms with Crippen molar-refractivity contribution in [3.05, 3.63) is 28.8 Å². The molecular formula is C18H28ClNO. The fourth-order valence-electron chi connectivity index (χ4n) is 3.45. The van der Waals surface area contributed by atoms with E-state index >= 15 is 0 Å². The number of methoxy groups -OCH3 is 1. The molecule has 1 aromatic rings. The van der Waals surface area contributed by atoms with E-state index in [2.05, 4.69) is 32.2 Å². The summed E-state index contributed by atoms with van der Waals surface area (Å²) in [4.78, 5) is 0. The molecule has 1 aliphatic carbocycles. The van der Waals surface area contributed by atoms with Gasteiger partial charge in [0.25, 0.3) is 0 Å². The van der Waals surface area contributed by atoms with Gasteiger partial charge in [0.05, 0.1) is 7.11 Å². The van der Waals surface area contributed by atoms with Crippen LogP contribution >= 0.6 is 11.6 Å². The number of nitrogens with one attached hydrogen (secondary N) is 1. The molecule has 118 valence electrons. The lowest BCUT2D eigenvalue weighted by atomic mass is 9.71. The fraction of sp³-hybridized carbons (Fsp3) is 0.667. The van der Waals surface area contributed by atoms with Gasteiger partial charge >= 0.3 is 0 Å². The molecule has 0 amide bonds. The van der Waals surface area contributed by atoms with Crippen LogP contribution in [0.2, 0.25) is 5.02 Å². The van der Waals surface area contributed by atoms with Gasteiger partial charge in [-0.1, -0.05) is 38.8 Å². The van der Waals surface area contributed by atoms with Gasteiger partial charge in [-0.3, -0.25) is 0 Å². The quantitative estimate of drug-likeness (QED) is 0.838. The van der Waals surface area contributed by atoms with Crippen LogP contribution in [0.4, 0.5) is 0 Å². The van der Waals surface area contributed by atoms with Crippen LogP contribution in [0.3, 0.4) is 0 Å². The summed E-state index contributed by atoms with van der Waals surface area (Å²) in [6.07, 6.45) is 3.83. The van der Waals surface area contributed by atoms with Crippen LogP contribution in [0.25, 0.3) is 0 Å². The number of hydrogen-bond acceptors (Lipinski definition) is 2. The van der Waals surface area contributed by atoms with Gasteiger partial charge in [0.1, 0.15) is 5.75 Å². The Morgan fingerprint density at radius 2 is 2.10 bits per heavy atom. The third-order valence-electron chi connectivity index (χ3n) is 4.64. The van der Waals surface area contributed by atoms with Crippen LogP contribution in [0.5, 0.6) is 5.75 Å². The Labute approximate surface area is 134 Å². The minimum absolute atomic E-state index is 0.534. The molecule has 21 heavy (non-hydrogen) atoms. The fourth-order valence-corrected chi connectivity index (χ4v) is 3.63. The Morgan fingerprint density at radius 3 is 2.76 bits per heavy atom. The zero-order valence-corrected chi connectivity index (χ0v) is 14.4. The third-order valence-corrected chi connectivity index (χ3v) is 4.87. The third kappa shape index (κ3) is 4.37. The molecule has 0 saturated heterocycles. The average molecular weight is 310 g/mol. The Balaban J connectivity index is 2.25. The molecule has 3 unspecified atom stereocenters. The molecule has 2 nitrogen and oxygen atoms in total. The summed E-state index contributed by atoms with van der Waals surface area (Å²) in [5.74, 6) is 2.95. The van der Waals surface area contributed by atoms with Crippen LogP contribution in [0.1, 0.15) is 51.5 Å². The van der Waals surface area contributed by atoms with Crippen molar-refractivity contribution in [2.75, 3.05) is 13.7 Å². The minimum Gasteiger partial charge on any atom is -0.496 e. The van der Waals surface area contributed by atoms with E-state index in [9.17, 15) is 0 Å². The summed E-state index contributed by atoms with van der Waals surface area (Å²) >= 11 is 6.23. The molecule has 0 heterocycles. The van der Waals surface area contributed by atoms with E-state index < -0.39 is 0 Å². The van der Waals surface area contributed by atoms with E-state index in [4.69, 9.17) is 16.3 Å². The highest BCUT2D eigenvalue weighted by Gasteiger charge is 2.31. The predicted octanol–water partition coefficient (Wildman–Crippen LogP) is 4.87. The van der Waals surface area contributed by atoms with Crippen molar-refractivity contribution in [1.29, 1.82) is 0 Å². The summed E-state index contributed by atoms with van der Waals surface area (Å²) in [5, 5.41) is 4.41. The van der Waals surface area contributed by atoms with Gasteiger partial charge in [-0.2, -0.15) is 0 Å². The number of hydrogen-bond donors (Lipinski definition) is 1. The van der Waals surface area contributed by atoms with E-state index in [1.165, 1.54) is 24.8 Å². The van der Waals surface area contributed by atoms with Gasteiger partial charge in [-0.05, 0) is 60.9 Å². The lowest BCUT2D eigenvalue weighted by molar-refractivity contribution is 0.234. The molecule has 0 aliphatic heterocycles. The highest BCUT2D eigenvalue weighted by atomic mass is 35.5. The molecule has 1 N–H and O–H groups in total. The lowest BCUT2D eigenvalue weighted by Gasteiger charge is -2.36. The molecule has 0 bridgehead atoms. The first-order chi connectivity index (χ1) is 10.0. The molecule has 3 atom stereocenters. The topological polar surface area (TPSA) is 21.3 Å². The van der Waals surface area contributed by atoms with Gasteiger partial charge in [0, 0.05) is 11.1 Å². The zero-order valence-electron chi connectivity index (χ0n) is 13.7. The van der Waals surface area contributed by atoms with Gasteiger partial charge < -0.3 is 10.1 Å². The van der Waals surface area contributed by atoms with Crippen LogP contribution < -0.4 is 10.1 Å². The summed E-state index contributed by atoms with van der Waals surface area (Å²) in [7, 11) is 1.75. The van der Waals surface area contributed by atoms with Crippen molar-refractivity contribution >= 4 is 11.6 Å². The summed E-state index contributed by atoms with van der Waals surface area (Å²) < 4.78 is 5.58. The number of benzene rings is 1. The SMILES string of the molecule is COc1ccc(Cl)cc1C1CC(C)CCC1CNC(C)C. The zero-order chi connectivity index (χ0) is 15.4. The summed E-state index contributed by atoms with van der Waals surface area (Å²) in [6, 6.07) is 6.55. The Morgan fingerprint density at radius 1 is 1.33 bits per heavy atom. The van der Waals surface area contributed by atoms with Crippen molar-refractivity contribution in [2.24, 2.45) is 11.8 Å². The van der Waals surface area contributed by atoms with Crippen LogP contribution in [-0.4, -0.2) is 19.7 Å². The Hall–Kier alpha value is -0.730. The minimum atomic E-state index is 0.534. The standard InChI is InChI=1S/C18H28ClNO/c1-12(2)20-11-14-6-5-13(3)9-16(14)17-10-15(19)7-8-18(17)21-4/h7-8,10,12-14,16,20H,5-6,9,11H2,1-4H3. The second-order valence-corrected chi connectivity index (χ2v) is 7.17. The number of rotatable bonds is 5. The van der Waals surface area contributed by atoms with E-state index in [1.807, 2.05) is 12.1 Å². The maximum absolute atomic E-state index is 6.23. The van der Waals surface area contributed by atoms with Crippen molar-refractivity contribution in [3.63, 3.8) is 0 Å². The molecule has 1 aromatic carbocycles. The van der Waals surface area contributed by atoms with Crippen LogP contribution in [0, 0.1) is 11.8 Å². The van der Waals surface area contributed by atoms with Crippen molar-refractivity contribution in [2.45, 2.75) is 52.0 Å². The lowest BCUT2D eigenvalue weighted by Crippen LogP contribution is -2.34. The second kappa shape index (κ2) is 7.51. The van der Waals surface area contributed by atoms with Gasteiger partial charge in [0.15, 0.2) is 0 Å². The van der Waals surface area contributed by atoms with E-state index in [0.717, 1.165) is 23.2 Å². The predicted molar refractivity (Wildman–Crippen MR) is 90.4 cm³/mol. The first kappa shape index (κ1) is 16.6. The molecule has 0 aromatic heterocycles. The number of ether oxygens (including phenoxy) is 1. The molecular weight excluding hydrogens is 282 g/mol. The van der Waals surface area contributed by atoms with Gasteiger partial charge in [-0.25, -0.2) is 0 Å². The Kier molecular flexibility index (Phi) is 5.95. The maximum Gasteiger partial charge on any atom is 0.122 e. The maximum atomic E-state index is 6.23. The largest absolute Gasteiger partial charge is 0.496 e. The Bertz CT molecular complexity index is 461. The average Bonchev–Trinajstić information content (AvgIpc) is 2.45. The monoisotopic (exact) mass is 309 g/mol. The molecule has 1 fully saturated rings. The van der Waals surface area contributed by atoms with Gasteiger partial charge in [-0.15, -0.1) is 0 Å². The van der Waals surface area contributed by atoms with Gasteiger partial charge in [0.2, 0.25) is 0 Å². The molecule has 0 spiro atoms. The molecule has 1 saturated carbocycles. The van der Waals surface area contributed by atoms with Crippen molar-refractivity contribution in [3.8, 4) is 5.75 Å². The van der Waals surface area contributed by atoms with E-state index in [1.54, 1.807) is 7.11 Å². The van der Waals surface area contributed by atoms with Crippen LogP contribution in [-0.2, 0) is 0 Å². The van der Waals surface area contributed by atoms with Crippen molar-refractivity contribution in [1.82, 2.24) is 5.32 Å². The first-order valence-electron chi connectivity index (χ1n) is 8.08. The highest BCUT2D eigenvalue weighted by molar-refractivity contribution is 6.30. The molecule has 3 heteroatoms. The van der Waals surface area contributed by atoms with E-state index in [-0.39, 0.29) is 0 Å². The first-order valence-corrected chi connectivity index (χ1v) is 8.45. The molecule has 2 rings (SSSR count). The van der Waals surface area contributed by atoms with Crippen LogP contribution in [0.15, 0.2) is 18.2 Å². The highest BCUT2D eigenvalue weighted by Crippen LogP contribution is 2.44. The smallest absolute Gasteiger partial charge is 0.122 e. The van der Waals surface area contributed by atoms with E-state index in [0.29, 0.717) is 17.9 Å². The normalized spacial score (nSPS) is 26.1. The summed E-state index contributed by atoms with van der Waals surface area (Å²) in [5.41, 5.74) is 1.28. The molecule has 1 aliphatic rings. The number of halogens is 1.